The van der Waals surface area contributed by atoms with Crippen LogP contribution >= 0.6 is 0 Å². The first-order valence-corrected chi connectivity index (χ1v) is 12.5. The SMILES string of the molecule is CCOc1ccc(/C=C/C(=O)Nc2ccc3c(c2)OC(C)C(=O)N3CCOc2cccc(C)c2)cc1OC. The van der Waals surface area contributed by atoms with Crippen molar-refractivity contribution in [1.82, 2.24) is 0 Å². The highest BCUT2D eigenvalue weighted by molar-refractivity contribution is 6.03. The number of ether oxygens (including phenoxy) is 4. The first-order chi connectivity index (χ1) is 18.4. The Hall–Kier alpha value is -4.46. The number of carbonyl (C=O) groups excluding carboxylic acids is 2. The second-order valence-corrected chi connectivity index (χ2v) is 8.76. The molecule has 1 heterocycles. The summed E-state index contributed by atoms with van der Waals surface area (Å²) in [7, 11) is 1.57. The maximum Gasteiger partial charge on any atom is 0.267 e. The smallest absolute Gasteiger partial charge is 0.267 e. The zero-order valence-corrected chi connectivity index (χ0v) is 22.0. The number of rotatable bonds is 10. The van der Waals surface area contributed by atoms with E-state index in [0.29, 0.717) is 48.4 Å². The van der Waals surface area contributed by atoms with Gasteiger partial charge in [0.1, 0.15) is 18.1 Å². The lowest BCUT2D eigenvalue weighted by atomic mass is 10.1. The summed E-state index contributed by atoms with van der Waals surface area (Å²) in [6.45, 7) is 6.85. The van der Waals surface area contributed by atoms with E-state index in [1.165, 1.54) is 6.08 Å². The van der Waals surface area contributed by atoms with Crippen molar-refractivity contribution >= 4 is 29.3 Å². The summed E-state index contributed by atoms with van der Waals surface area (Å²) in [5, 5.41) is 2.84. The van der Waals surface area contributed by atoms with Gasteiger partial charge in [-0.1, -0.05) is 18.2 Å². The molecule has 1 unspecified atom stereocenters. The summed E-state index contributed by atoms with van der Waals surface area (Å²) in [4.78, 5) is 27.1. The predicted octanol–water partition coefficient (Wildman–Crippen LogP) is 5.25. The van der Waals surface area contributed by atoms with Crippen LogP contribution in [0, 0.1) is 6.92 Å². The fraction of sp³-hybridized carbons (Fsp3) is 0.267. The Bertz CT molecular complexity index is 1340. The number of benzene rings is 3. The van der Waals surface area contributed by atoms with E-state index in [1.807, 2.05) is 44.2 Å². The normalized spacial score (nSPS) is 14.6. The van der Waals surface area contributed by atoms with E-state index in [4.69, 9.17) is 18.9 Å². The van der Waals surface area contributed by atoms with Gasteiger partial charge in [-0.05, 0) is 74.4 Å². The Labute approximate surface area is 222 Å². The number of carbonyl (C=O) groups is 2. The van der Waals surface area contributed by atoms with Gasteiger partial charge in [0.15, 0.2) is 17.6 Å². The number of methoxy groups -OCH3 is 1. The molecule has 3 aromatic rings. The summed E-state index contributed by atoms with van der Waals surface area (Å²) in [5.41, 5.74) is 3.09. The Morgan fingerprint density at radius 1 is 1.08 bits per heavy atom. The molecule has 0 saturated carbocycles. The van der Waals surface area contributed by atoms with Gasteiger partial charge in [0, 0.05) is 17.8 Å². The van der Waals surface area contributed by atoms with E-state index < -0.39 is 6.10 Å². The van der Waals surface area contributed by atoms with Crippen LogP contribution in [-0.2, 0) is 9.59 Å². The molecular formula is C30H32N2O6. The first kappa shape index (κ1) is 26.6. The van der Waals surface area contributed by atoms with E-state index in [9.17, 15) is 9.59 Å². The molecule has 3 aromatic carbocycles. The number of nitrogens with one attached hydrogen (secondary N) is 1. The van der Waals surface area contributed by atoms with E-state index >= 15 is 0 Å². The van der Waals surface area contributed by atoms with Gasteiger partial charge in [0.25, 0.3) is 5.91 Å². The average Bonchev–Trinajstić information content (AvgIpc) is 2.90. The third-order valence-electron chi connectivity index (χ3n) is 5.92. The highest BCUT2D eigenvalue weighted by Gasteiger charge is 2.31. The van der Waals surface area contributed by atoms with Gasteiger partial charge in [-0.2, -0.15) is 0 Å². The topological polar surface area (TPSA) is 86.3 Å². The minimum Gasteiger partial charge on any atom is -0.493 e. The zero-order chi connectivity index (χ0) is 27.1. The van der Waals surface area contributed by atoms with Crippen LogP contribution in [0.4, 0.5) is 11.4 Å². The van der Waals surface area contributed by atoms with Gasteiger partial charge in [0.05, 0.1) is 25.9 Å². The van der Waals surface area contributed by atoms with Gasteiger partial charge in [-0.15, -0.1) is 0 Å². The third kappa shape index (κ3) is 6.45. The van der Waals surface area contributed by atoms with Crippen LogP contribution in [0.25, 0.3) is 6.08 Å². The lowest BCUT2D eigenvalue weighted by molar-refractivity contribution is -0.125. The molecule has 8 nitrogen and oxygen atoms in total. The minimum atomic E-state index is -0.651. The summed E-state index contributed by atoms with van der Waals surface area (Å²) in [5.74, 6) is 2.07. The fourth-order valence-corrected chi connectivity index (χ4v) is 4.10. The van der Waals surface area contributed by atoms with Crippen molar-refractivity contribution in [3.8, 4) is 23.0 Å². The van der Waals surface area contributed by atoms with Crippen LogP contribution in [0.15, 0.2) is 66.7 Å². The van der Waals surface area contributed by atoms with Crippen LogP contribution in [0.5, 0.6) is 23.0 Å². The maximum absolute atomic E-state index is 12.8. The molecule has 0 fully saturated rings. The molecule has 0 aliphatic carbocycles. The number of hydrogen-bond donors (Lipinski definition) is 1. The van der Waals surface area contributed by atoms with Crippen molar-refractivity contribution in [2.75, 3.05) is 37.1 Å². The van der Waals surface area contributed by atoms with Gasteiger partial charge in [-0.25, -0.2) is 0 Å². The lowest BCUT2D eigenvalue weighted by Crippen LogP contribution is -2.46. The molecule has 8 heteroatoms. The lowest BCUT2D eigenvalue weighted by Gasteiger charge is -2.33. The summed E-state index contributed by atoms with van der Waals surface area (Å²) >= 11 is 0. The summed E-state index contributed by atoms with van der Waals surface area (Å²) < 4.78 is 22.6. The summed E-state index contributed by atoms with van der Waals surface area (Å²) in [6, 6.07) is 18.5. The highest BCUT2D eigenvalue weighted by Crippen LogP contribution is 2.36. The molecular weight excluding hydrogens is 484 g/mol. The molecule has 0 bridgehead atoms. The van der Waals surface area contributed by atoms with E-state index in [-0.39, 0.29) is 11.8 Å². The van der Waals surface area contributed by atoms with Crippen molar-refractivity contribution in [2.24, 2.45) is 0 Å². The molecule has 1 aliphatic rings. The quantitative estimate of drug-likeness (QED) is 0.371. The molecule has 198 valence electrons. The Kier molecular flexibility index (Phi) is 8.53. The number of nitrogens with zero attached hydrogens (tertiary/aromatic N) is 1. The Morgan fingerprint density at radius 2 is 1.92 bits per heavy atom. The van der Waals surface area contributed by atoms with E-state index in [1.54, 1.807) is 55.3 Å². The maximum atomic E-state index is 12.8. The number of aryl methyl sites for hydroxylation is 1. The van der Waals surface area contributed by atoms with Crippen molar-refractivity contribution in [2.45, 2.75) is 26.9 Å². The van der Waals surface area contributed by atoms with Crippen LogP contribution < -0.4 is 29.2 Å². The predicted molar refractivity (Wildman–Crippen MR) is 147 cm³/mol. The zero-order valence-electron chi connectivity index (χ0n) is 22.0. The second kappa shape index (κ2) is 12.2. The molecule has 1 N–H and O–H groups in total. The second-order valence-electron chi connectivity index (χ2n) is 8.76. The number of fused-ring (bicyclic) bond motifs is 1. The van der Waals surface area contributed by atoms with Gasteiger partial charge in [0.2, 0.25) is 5.91 Å². The molecule has 4 rings (SSSR count). The third-order valence-corrected chi connectivity index (χ3v) is 5.92. The van der Waals surface area contributed by atoms with E-state index in [2.05, 4.69) is 5.32 Å². The number of amides is 2. The highest BCUT2D eigenvalue weighted by atomic mass is 16.5. The van der Waals surface area contributed by atoms with Crippen LogP contribution in [0.2, 0.25) is 0 Å². The van der Waals surface area contributed by atoms with Crippen LogP contribution in [-0.4, -0.2) is 44.8 Å². The molecule has 2 amide bonds. The Morgan fingerprint density at radius 3 is 2.68 bits per heavy atom. The standard InChI is InChI=1S/C30H32N2O6/c1-5-36-26-13-9-22(18-28(26)35-4)10-14-29(33)31-23-11-12-25-27(19-23)38-21(3)30(34)32(25)15-16-37-24-8-6-7-20(2)17-24/h6-14,17-19,21H,5,15-16H2,1-4H3,(H,31,33)/b14-10+. The molecule has 0 spiro atoms. The van der Waals surface area contributed by atoms with E-state index in [0.717, 1.165) is 16.9 Å². The first-order valence-electron chi connectivity index (χ1n) is 12.5. The summed E-state index contributed by atoms with van der Waals surface area (Å²) in [6.07, 6.45) is 2.48. The molecule has 0 saturated heterocycles. The molecule has 0 radical (unpaired) electrons. The van der Waals surface area contributed by atoms with Crippen molar-refractivity contribution in [3.05, 3.63) is 77.9 Å². The van der Waals surface area contributed by atoms with Crippen molar-refractivity contribution < 1.29 is 28.5 Å². The monoisotopic (exact) mass is 516 g/mol. The molecule has 1 aliphatic heterocycles. The van der Waals surface area contributed by atoms with Gasteiger partial charge >= 0.3 is 0 Å². The minimum absolute atomic E-state index is 0.143. The van der Waals surface area contributed by atoms with Gasteiger partial charge < -0.3 is 29.2 Å². The van der Waals surface area contributed by atoms with Crippen LogP contribution in [0.3, 0.4) is 0 Å². The number of hydrogen-bond acceptors (Lipinski definition) is 6. The Balaban J connectivity index is 1.41. The fourth-order valence-electron chi connectivity index (χ4n) is 4.10. The number of anilines is 2. The van der Waals surface area contributed by atoms with Crippen molar-refractivity contribution in [3.63, 3.8) is 0 Å². The van der Waals surface area contributed by atoms with Gasteiger partial charge in [-0.3, -0.25) is 9.59 Å². The molecule has 38 heavy (non-hydrogen) atoms. The van der Waals surface area contributed by atoms with Crippen LogP contribution in [0.1, 0.15) is 25.0 Å². The molecule has 1 atom stereocenters. The average molecular weight is 517 g/mol. The molecule has 0 aromatic heterocycles. The largest absolute Gasteiger partial charge is 0.493 e. The van der Waals surface area contributed by atoms with Crippen molar-refractivity contribution in [1.29, 1.82) is 0 Å².